The highest BCUT2D eigenvalue weighted by Gasteiger charge is 2.58. The fourth-order valence-electron chi connectivity index (χ4n) is 3.31. The van der Waals surface area contributed by atoms with Crippen LogP contribution in [0.15, 0.2) is 39.6 Å². The predicted octanol–water partition coefficient (Wildman–Crippen LogP) is 1.80. The zero-order valence-corrected chi connectivity index (χ0v) is 11.7. The Morgan fingerprint density at radius 1 is 1.50 bits per heavy atom. The molecule has 1 aromatic carbocycles. The fraction of sp³-hybridized carbons (Fsp3) is 0.267. The lowest BCUT2D eigenvalue weighted by atomic mass is 10.1. The van der Waals surface area contributed by atoms with E-state index in [4.69, 9.17) is 0 Å². The Labute approximate surface area is 124 Å². The molecule has 7 nitrogen and oxygen atoms in total. The van der Waals surface area contributed by atoms with Gasteiger partial charge in [-0.25, -0.2) is 9.59 Å². The van der Waals surface area contributed by atoms with Crippen molar-refractivity contribution in [2.75, 3.05) is 0 Å². The number of H-pyrrole nitrogens is 1. The summed E-state index contributed by atoms with van der Waals surface area (Å²) in [7, 11) is 0. The van der Waals surface area contributed by atoms with Crippen LogP contribution in [0.2, 0.25) is 0 Å². The lowest BCUT2D eigenvalue weighted by molar-refractivity contribution is 0.0682. The van der Waals surface area contributed by atoms with E-state index in [0.29, 0.717) is 12.2 Å². The maximum atomic E-state index is 11.7. The zero-order valence-electron chi connectivity index (χ0n) is 11.7. The number of carbonyl (C=O) groups is 1. The van der Waals surface area contributed by atoms with Gasteiger partial charge in [0.1, 0.15) is 11.2 Å². The molecule has 2 aromatic heterocycles. The van der Waals surface area contributed by atoms with E-state index in [1.54, 1.807) is 10.6 Å². The normalized spacial score (nSPS) is 23.8. The maximum Gasteiger partial charge on any atom is 0.438 e. The number of carboxylic acids is 1. The van der Waals surface area contributed by atoms with Gasteiger partial charge in [0.15, 0.2) is 5.82 Å². The van der Waals surface area contributed by atoms with E-state index in [9.17, 15) is 14.7 Å². The van der Waals surface area contributed by atoms with Crippen LogP contribution < -0.4 is 5.76 Å². The van der Waals surface area contributed by atoms with E-state index < -0.39 is 17.3 Å². The Morgan fingerprint density at radius 2 is 2.23 bits per heavy atom. The molecule has 1 saturated carbocycles. The van der Waals surface area contributed by atoms with Crippen molar-refractivity contribution >= 4 is 16.9 Å². The summed E-state index contributed by atoms with van der Waals surface area (Å²) in [6.45, 7) is 1.99. The van der Waals surface area contributed by atoms with Crippen LogP contribution in [0.4, 0.5) is 0 Å². The van der Waals surface area contributed by atoms with E-state index in [-0.39, 0.29) is 11.6 Å². The number of hydrogen-bond acceptors (Lipinski definition) is 4. The molecule has 112 valence electrons. The van der Waals surface area contributed by atoms with Gasteiger partial charge in [0.25, 0.3) is 0 Å². The molecule has 22 heavy (non-hydrogen) atoms. The Hall–Kier alpha value is -2.83. The third-order valence-electron chi connectivity index (χ3n) is 4.45. The summed E-state index contributed by atoms with van der Waals surface area (Å²) in [4.78, 5) is 25.6. The number of hydrogen-bond donors (Lipinski definition) is 2. The van der Waals surface area contributed by atoms with E-state index in [1.807, 2.05) is 31.2 Å². The molecule has 2 unspecified atom stereocenters. The van der Waals surface area contributed by atoms with Crippen LogP contribution in [0.3, 0.4) is 0 Å². The average Bonchev–Trinajstić information content (AvgIpc) is 2.88. The Balaban J connectivity index is 2.06. The molecule has 1 aliphatic carbocycles. The van der Waals surface area contributed by atoms with Crippen LogP contribution in [0.1, 0.15) is 29.7 Å². The van der Waals surface area contributed by atoms with Gasteiger partial charge in [-0.3, -0.25) is 9.51 Å². The fourth-order valence-corrected chi connectivity index (χ4v) is 3.31. The molecule has 2 N–H and O–H groups in total. The van der Waals surface area contributed by atoms with Crippen molar-refractivity contribution in [1.82, 2.24) is 14.7 Å². The number of nitrogens with one attached hydrogen (secondary N) is 1. The molecule has 4 rings (SSSR count). The second-order valence-electron chi connectivity index (χ2n) is 5.70. The third kappa shape index (κ3) is 1.53. The number of aromatic carboxylic acids is 1. The lowest BCUT2D eigenvalue weighted by Gasteiger charge is -2.19. The molecule has 0 bridgehead atoms. The lowest BCUT2D eigenvalue weighted by Crippen LogP contribution is -2.26. The zero-order chi connectivity index (χ0) is 15.5. The molecule has 2 heterocycles. The first-order chi connectivity index (χ1) is 10.5. The van der Waals surface area contributed by atoms with Gasteiger partial charge in [-0.15, -0.1) is 0 Å². The quantitative estimate of drug-likeness (QED) is 0.768. The number of fused-ring (bicyclic) bond motifs is 1. The summed E-state index contributed by atoms with van der Waals surface area (Å²) in [6.07, 6.45) is 0.689. The first-order valence-corrected chi connectivity index (χ1v) is 6.95. The van der Waals surface area contributed by atoms with Gasteiger partial charge < -0.3 is 9.67 Å². The van der Waals surface area contributed by atoms with Gasteiger partial charge in [0, 0.05) is 10.9 Å². The monoisotopic (exact) mass is 299 g/mol. The molecule has 3 aromatic rings. The highest BCUT2D eigenvalue weighted by atomic mass is 16.5. The average molecular weight is 299 g/mol. The van der Waals surface area contributed by atoms with Crippen LogP contribution in [0.25, 0.3) is 10.9 Å². The molecule has 0 saturated heterocycles. The van der Waals surface area contributed by atoms with E-state index in [2.05, 4.69) is 14.7 Å². The largest absolute Gasteiger partial charge is 0.477 e. The number of rotatable bonds is 3. The van der Waals surface area contributed by atoms with Gasteiger partial charge >= 0.3 is 11.7 Å². The number of benzene rings is 1. The number of aromatic nitrogens is 3. The van der Waals surface area contributed by atoms with Crippen molar-refractivity contribution in [1.29, 1.82) is 0 Å². The first-order valence-electron chi connectivity index (χ1n) is 6.95. The summed E-state index contributed by atoms with van der Waals surface area (Å²) in [5, 5.41) is 14.2. The number of nitrogens with zero attached hydrogens (tertiary/aromatic N) is 2. The highest BCUT2D eigenvalue weighted by Crippen LogP contribution is 2.55. The number of para-hydroxylation sites is 1. The highest BCUT2D eigenvalue weighted by molar-refractivity contribution is 5.95. The molecule has 7 heteroatoms. The summed E-state index contributed by atoms with van der Waals surface area (Å²) in [5.41, 5.74) is 0.297. The maximum absolute atomic E-state index is 11.7. The Morgan fingerprint density at radius 3 is 2.82 bits per heavy atom. The molecule has 1 fully saturated rings. The molecule has 0 amide bonds. The van der Waals surface area contributed by atoms with Crippen LogP contribution in [0, 0.1) is 5.92 Å². The predicted molar refractivity (Wildman–Crippen MR) is 76.9 cm³/mol. The van der Waals surface area contributed by atoms with Crippen molar-refractivity contribution in [3.05, 3.63) is 52.4 Å². The molecular formula is C15H13N3O4. The molecule has 0 aliphatic heterocycles. The van der Waals surface area contributed by atoms with Crippen molar-refractivity contribution in [2.45, 2.75) is 18.9 Å². The Bertz CT molecular complexity index is 951. The van der Waals surface area contributed by atoms with Crippen LogP contribution in [-0.4, -0.2) is 25.8 Å². The second-order valence-corrected chi connectivity index (χ2v) is 5.70. The SMILES string of the molecule is CC1CC1(c1noc(=O)[nH]1)n1c(C(=O)O)cc2ccccc21. The van der Waals surface area contributed by atoms with E-state index >= 15 is 0 Å². The molecular weight excluding hydrogens is 286 g/mol. The summed E-state index contributed by atoms with van der Waals surface area (Å²) in [6, 6.07) is 9.09. The molecule has 0 spiro atoms. The molecule has 0 radical (unpaired) electrons. The Kier molecular flexibility index (Phi) is 2.40. The van der Waals surface area contributed by atoms with Crippen molar-refractivity contribution < 1.29 is 14.4 Å². The summed E-state index contributed by atoms with van der Waals surface area (Å²) < 4.78 is 6.38. The summed E-state index contributed by atoms with van der Waals surface area (Å²) >= 11 is 0. The van der Waals surface area contributed by atoms with Gasteiger partial charge in [0.05, 0.1) is 0 Å². The smallest absolute Gasteiger partial charge is 0.438 e. The first kappa shape index (κ1) is 12.9. The van der Waals surface area contributed by atoms with E-state index in [0.717, 1.165) is 10.9 Å². The topological polar surface area (TPSA) is 101 Å². The minimum absolute atomic E-state index is 0.141. The second kappa shape index (κ2) is 4.09. The van der Waals surface area contributed by atoms with Crippen LogP contribution in [0.5, 0.6) is 0 Å². The van der Waals surface area contributed by atoms with Crippen molar-refractivity contribution in [3.63, 3.8) is 0 Å². The number of aromatic amines is 1. The van der Waals surface area contributed by atoms with Gasteiger partial charge in [-0.05, 0) is 24.5 Å². The number of carboxylic acid groups (broad SMARTS) is 1. The standard InChI is InChI=1S/C15H13N3O4/c1-8-7-15(8,13-16-14(21)22-17-13)18-10-5-3-2-4-9(10)6-11(18)12(19)20/h2-6,8H,7H2,1H3,(H,19,20)(H,16,17,21). The van der Waals surface area contributed by atoms with E-state index in [1.165, 1.54) is 0 Å². The van der Waals surface area contributed by atoms with Gasteiger partial charge in [-0.1, -0.05) is 30.3 Å². The minimum Gasteiger partial charge on any atom is -0.477 e. The van der Waals surface area contributed by atoms with Gasteiger partial charge in [0.2, 0.25) is 0 Å². The summed E-state index contributed by atoms with van der Waals surface area (Å²) in [5.74, 6) is -1.14. The third-order valence-corrected chi connectivity index (χ3v) is 4.45. The van der Waals surface area contributed by atoms with Gasteiger partial charge in [-0.2, -0.15) is 0 Å². The van der Waals surface area contributed by atoms with Crippen molar-refractivity contribution in [2.24, 2.45) is 5.92 Å². The molecule has 2 atom stereocenters. The van der Waals surface area contributed by atoms with Crippen LogP contribution in [-0.2, 0) is 5.54 Å². The minimum atomic E-state index is -1.01. The molecule has 1 aliphatic rings. The van der Waals surface area contributed by atoms with Crippen molar-refractivity contribution in [3.8, 4) is 0 Å². The van der Waals surface area contributed by atoms with Crippen LogP contribution >= 0.6 is 0 Å².